The van der Waals surface area contributed by atoms with E-state index in [9.17, 15) is 19.3 Å². The summed E-state index contributed by atoms with van der Waals surface area (Å²) in [7, 11) is 0. The molecule has 9 heteroatoms. The molecule has 0 saturated carbocycles. The molecule has 21 heavy (non-hydrogen) atoms. The highest BCUT2D eigenvalue weighted by molar-refractivity contribution is 9.10. The second-order valence-electron chi connectivity index (χ2n) is 4.25. The third-order valence-corrected chi connectivity index (χ3v) is 3.73. The third-order valence-electron chi connectivity index (χ3n) is 2.96. The smallest absolute Gasteiger partial charge is 0.336 e. The largest absolute Gasteiger partial charge is 0.478 e. The summed E-state index contributed by atoms with van der Waals surface area (Å²) in [6, 6.07) is 2.42. The van der Waals surface area contributed by atoms with E-state index in [1.54, 1.807) is 0 Å². The number of nitro groups is 1. The van der Waals surface area contributed by atoms with Crippen molar-refractivity contribution in [2.45, 2.75) is 13.8 Å². The fourth-order valence-electron chi connectivity index (χ4n) is 2.00. The molecule has 1 heterocycles. The number of carbonyl (C=O) groups is 1. The van der Waals surface area contributed by atoms with E-state index < -0.39 is 16.7 Å². The Labute approximate surface area is 126 Å². The summed E-state index contributed by atoms with van der Waals surface area (Å²) >= 11 is 2.88. The molecular weight excluding hydrogens is 349 g/mol. The number of rotatable bonds is 3. The molecule has 0 radical (unpaired) electrons. The van der Waals surface area contributed by atoms with Crippen LogP contribution < -0.4 is 0 Å². The Bertz CT molecular complexity index is 772. The molecule has 110 valence electrons. The van der Waals surface area contributed by atoms with E-state index >= 15 is 0 Å². The first-order valence-electron chi connectivity index (χ1n) is 5.68. The Morgan fingerprint density at radius 2 is 2.10 bits per heavy atom. The highest BCUT2D eigenvalue weighted by Crippen LogP contribution is 2.30. The van der Waals surface area contributed by atoms with Crippen LogP contribution in [-0.2, 0) is 0 Å². The van der Waals surface area contributed by atoms with Crippen LogP contribution in [0.1, 0.15) is 21.7 Å². The van der Waals surface area contributed by atoms with Crippen LogP contribution in [-0.4, -0.2) is 25.8 Å². The number of aryl methyl sites for hydroxylation is 1. The van der Waals surface area contributed by atoms with Gasteiger partial charge in [-0.3, -0.25) is 10.1 Å². The lowest BCUT2D eigenvalue weighted by Gasteiger charge is -2.08. The van der Waals surface area contributed by atoms with Crippen LogP contribution in [0, 0.1) is 29.8 Å². The van der Waals surface area contributed by atoms with Gasteiger partial charge in [0.25, 0.3) is 0 Å². The molecule has 1 aromatic carbocycles. The van der Waals surface area contributed by atoms with Crippen LogP contribution >= 0.6 is 15.9 Å². The zero-order valence-electron chi connectivity index (χ0n) is 10.9. The summed E-state index contributed by atoms with van der Waals surface area (Å²) in [5.41, 5.74) is -0.206. The number of benzene rings is 1. The van der Waals surface area contributed by atoms with Gasteiger partial charge in [-0.25, -0.2) is 13.9 Å². The molecule has 2 rings (SSSR count). The van der Waals surface area contributed by atoms with E-state index in [1.807, 2.05) is 0 Å². The molecule has 0 aliphatic heterocycles. The summed E-state index contributed by atoms with van der Waals surface area (Å²) in [5.74, 6) is -2.14. The van der Waals surface area contributed by atoms with Crippen molar-refractivity contribution in [1.82, 2.24) is 9.78 Å². The molecule has 0 aliphatic carbocycles. The van der Waals surface area contributed by atoms with Gasteiger partial charge in [-0.15, -0.1) is 0 Å². The van der Waals surface area contributed by atoms with Crippen LogP contribution in [0.5, 0.6) is 0 Å². The van der Waals surface area contributed by atoms with Crippen LogP contribution in [0.25, 0.3) is 5.69 Å². The maximum absolute atomic E-state index is 14.3. The Balaban J connectivity index is 2.69. The van der Waals surface area contributed by atoms with E-state index in [4.69, 9.17) is 5.11 Å². The lowest BCUT2D eigenvalue weighted by atomic mass is 10.2. The minimum Gasteiger partial charge on any atom is -0.478 e. The van der Waals surface area contributed by atoms with Crippen LogP contribution in [0.15, 0.2) is 16.6 Å². The minimum absolute atomic E-state index is 0.0689. The van der Waals surface area contributed by atoms with Crippen LogP contribution in [0.3, 0.4) is 0 Å². The van der Waals surface area contributed by atoms with Crippen LogP contribution in [0.2, 0.25) is 0 Å². The Kier molecular flexibility index (Phi) is 3.77. The SMILES string of the molecule is Cc1nn(-c2ccc(C(=O)O)c(Br)c2F)c(C)c1[N+](=O)[O-]. The van der Waals surface area contributed by atoms with Gasteiger partial charge in [0.2, 0.25) is 0 Å². The zero-order valence-corrected chi connectivity index (χ0v) is 12.5. The number of carboxylic acids is 1. The molecule has 2 aromatic rings. The number of halogens is 2. The highest BCUT2D eigenvalue weighted by atomic mass is 79.9. The van der Waals surface area contributed by atoms with Gasteiger partial charge in [-0.05, 0) is 41.9 Å². The molecule has 1 aromatic heterocycles. The monoisotopic (exact) mass is 357 g/mol. The van der Waals surface area contributed by atoms with Gasteiger partial charge in [0.05, 0.1) is 15.0 Å². The van der Waals surface area contributed by atoms with Crippen molar-refractivity contribution < 1.29 is 19.2 Å². The molecule has 0 aliphatic rings. The average molecular weight is 358 g/mol. The van der Waals surface area contributed by atoms with E-state index in [0.29, 0.717) is 0 Å². The summed E-state index contributed by atoms with van der Waals surface area (Å²) < 4.78 is 15.1. The average Bonchev–Trinajstić information content (AvgIpc) is 2.67. The van der Waals surface area contributed by atoms with Gasteiger partial charge in [0, 0.05) is 0 Å². The van der Waals surface area contributed by atoms with Crippen molar-refractivity contribution in [3.8, 4) is 5.69 Å². The van der Waals surface area contributed by atoms with Gasteiger partial charge < -0.3 is 5.11 Å². The minimum atomic E-state index is -1.29. The van der Waals surface area contributed by atoms with Crippen molar-refractivity contribution in [3.05, 3.63) is 49.5 Å². The topological polar surface area (TPSA) is 98.3 Å². The molecule has 0 spiro atoms. The predicted molar refractivity (Wildman–Crippen MR) is 74.3 cm³/mol. The molecule has 0 atom stereocenters. The standard InChI is InChI=1S/C12H9BrFN3O4/c1-5-11(17(20)21)6(2)16(15-5)8-4-3-7(12(18)19)9(13)10(8)14/h3-4H,1-2H3,(H,18,19). The fourth-order valence-corrected chi connectivity index (χ4v) is 2.51. The zero-order chi connectivity index (χ0) is 15.9. The Hall–Kier alpha value is -2.29. The van der Waals surface area contributed by atoms with E-state index in [1.165, 1.54) is 26.0 Å². The van der Waals surface area contributed by atoms with E-state index in [2.05, 4.69) is 21.0 Å². The van der Waals surface area contributed by atoms with Gasteiger partial charge in [-0.1, -0.05) is 0 Å². The van der Waals surface area contributed by atoms with Gasteiger partial charge in [-0.2, -0.15) is 5.10 Å². The van der Waals surface area contributed by atoms with Crippen molar-refractivity contribution in [3.63, 3.8) is 0 Å². The lowest BCUT2D eigenvalue weighted by Crippen LogP contribution is -2.06. The summed E-state index contributed by atoms with van der Waals surface area (Å²) in [6.45, 7) is 2.89. The third kappa shape index (κ3) is 2.40. The van der Waals surface area contributed by atoms with Gasteiger partial charge >= 0.3 is 11.7 Å². The van der Waals surface area contributed by atoms with Gasteiger partial charge in [0.1, 0.15) is 17.1 Å². The Morgan fingerprint density at radius 1 is 1.48 bits per heavy atom. The highest BCUT2D eigenvalue weighted by Gasteiger charge is 2.25. The molecule has 0 bridgehead atoms. The molecule has 0 saturated heterocycles. The van der Waals surface area contributed by atoms with E-state index in [-0.39, 0.29) is 32.8 Å². The quantitative estimate of drug-likeness (QED) is 0.672. The van der Waals surface area contributed by atoms with Crippen LogP contribution in [0.4, 0.5) is 10.1 Å². The summed E-state index contributed by atoms with van der Waals surface area (Å²) in [4.78, 5) is 21.3. The first kappa shape index (κ1) is 15.1. The number of hydrogen-bond donors (Lipinski definition) is 1. The van der Waals surface area contributed by atoms with E-state index in [0.717, 1.165) is 4.68 Å². The first-order chi connectivity index (χ1) is 9.75. The van der Waals surface area contributed by atoms with Crippen molar-refractivity contribution in [2.24, 2.45) is 0 Å². The maximum Gasteiger partial charge on any atom is 0.336 e. The lowest BCUT2D eigenvalue weighted by molar-refractivity contribution is -0.386. The molecule has 1 N–H and O–H groups in total. The van der Waals surface area contributed by atoms with Gasteiger partial charge in [0.15, 0.2) is 5.82 Å². The number of hydrogen-bond acceptors (Lipinski definition) is 4. The second kappa shape index (κ2) is 5.24. The Morgan fingerprint density at radius 3 is 2.57 bits per heavy atom. The number of carboxylic acid groups (broad SMARTS) is 1. The number of nitrogens with zero attached hydrogens (tertiary/aromatic N) is 3. The van der Waals surface area contributed by atoms with Crippen molar-refractivity contribution in [2.75, 3.05) is 0 Å². The normalized spacial score (nSPS) is 10.7. The number of aromatic carboxylic acids is 1. The summed E-state index contributed by atoms with van der Waals surface area (Å²) in [5, 5.41) is 23.8. The maximum atomic E-state index is 14.3. The summed E-state index contributed by atoms with van der Waals surface area (Å²) in [6.07, 6.45) is 0. The molecule has 7 nitrogen and oxygen atoms in total. The predicted octanol–water partition coefficient (Wildman–Crippen LogP) is 3.00. The van der Waals surface area contributed by atoms with Crippen molar-refractivity contribution in [1.29, 1.82) is 0 Å². The molecule has 0 amide bonds. The van der Waals surface area contributed by atoms with Crippen molar-refractivity contribution >= 4 is 27.6 Å². The second-order valence-corrected chi connectivity index (χ2v) is 5.05. The molecule has 0 unspecified atom stereocenters. The molecular formula is C12H9BrFN3O4. The fraction of sp³-hybridized carbons (Fsp3) is 0.167. The molecule has 0 fully saturated rings. The number of aromatic nitrogens is 2. The first-order valence-corrected chi connectivity index (χ1v) is 6.47.